The van der Waals surface area contributed by atoms with Crippen LogP contribution in [0.3, 0.4) is 0 Å². The number of hydrogen-bond donors (Lipinski definition) is 1. The topological polar surface area (TPSA) is 29.1 Å². The molecule has 2 nitrogen and oxygen atoms in total. The number of rotatable bonds is 5. The summed E-state index contributed by atoms with van der Waals surface area (Å²) in [6, 6.07) is 4.66. The van der Waals surface area contributed by atoms with E-state index in [9.17, 15) is 9.18 Å². The Hall–Kier alpha value is -0.740. The molecule has 88 valence electrons. The van der Waals surface area contributed by atoms with E-state index in [-0.39, 0.29) is 11.6 Å². The van der Waals surface area contributed by atoms with Crippen LogP contribution in [0.4, 0.5) is 4.39 Å². The zero-order chi connectivity index (χ0) is 12.1. The maximum Gasteiger partial charge on any atom is 0.151 e. The van der Waals surface area contributed by atoms with Crippen molar-refractivity contribution < 1.29 is 9.18 Å². The molecule has 0 saturated carbocycles. The largest absolute Gasteiger partial charge is 0.308 e. The lowest BCUT2D eigenvalue weighted by atomic mass is 10.1. The van der Waals surface area contributed by atoms with Gasteiger partial charge in [0.1, 0.15) is 5.82 Å². The Morgan fingerprint density at radius 2 is 2.19 bits per heavy atom. The molecule has 0 unspecified atom stereocenters. The van der Waals surface area contributed by atoms with E-state index in [0.717, 1.165) is 5.56 Å². The van der Waals surface area contributed by atoms with Crippen LogP contribution in [0, 0.1) is 5.82 Å². The highest BCUT2D eigenvalue weighted by Crippen LogP contribution is 2.18. The van der Waals surface area contributed by atoms with Gasteiger partial charge in [0.15, 0.2) is 5.78 Å². The first-order valence-corrected chi connectivity index (χ1v) is 5.97. The fourth-order valence-corrected chi connectivity index (χ4v) is 1.75. The van der Waals surface area contributed by atoms with Crippen LogP contribution in [0.15, 0.2) is 22.7 Å². The Kier molecular flexibility index (Phi) is 5.09. The molecule has 0 aliphatic heterocycles. The van der Waals surface area contributed by atoms with Crippen molar-refractivity contribution in [2.75, 3.05) is 6.54 Å². The number of hydrogen-bond acceptors (Lipinski definition) is 2. The molecular weight excluding hydrogens is 273 g/mol. The summed E-state index contributed by atoms with van der Waals surface area (Å²) in [6.07, 6.45) is 0.320. The normalized spacial score (nSPS) is 10.8. The Balaban J connectivity index is 2.56. The zero-order valence-corrected chi connectivity index (χ0v) is 11.0. The first kappa shape index (κ1) is 13.3. The van der Waals surface area contributed by atoms with Crippen molar-refractivity contribution in [1.29, 1.82) is 0 Å². The molecule has 1 N–H and O–H groups in total. The van der Waals surface area contributed by atoms with Gasteiger partial charge in [-0.3, -0.25) is 4.79 Å². The molecule has 1 aromatic rings. The van der Waals surface area contributed by atoms with Gasteiger partial charge >= 0.3 is 0 Å². The lowest BCUT2D eigenvalue weighted by Crippen LogP contribution is -2.30. The maximum atomic E-state index is 12.8. The van der Waals surface area contributed by atoms with E-state index in [1.807, 2.05) is 13.8 Å². The number of halogens is 2. The van der Waals surface area contributed by atoms with E-state index in [1.165, 1.54) is 12.1 Å². The van der Waals surface area contributed by atoms with Crippen LogP contribution in [0.2, 0.25) is 0 Å². The van der Waals surface area contributed by atoms with E-state index in [1.54, 1.807) is 6.07 Å². The molecule has 4 heteroatoms. The van der Waals surface area contributed by atoms with Crippen molar-refractivity contribution in [1.82, 2.24) is 5.32 Å². The molecule has 0 aromatic heterocycles. The van der Waals surface area contributed by atoms with Crippen molar-refractivity contribution in [2.24, 2.45) is 0 Å². The summed E-state index contributed by atoms with van der Waals surface area (Å²) in [5.41, 5.74) is 0.817. The fourth-order valence-electron chi connectivity index (χ4n) is 1.26. The van der Waals surface area contributed by atoms with Gasteiger partial charge in [0, 0.05) is 16.9 Å². The first-order chi connectivity index (χ1) is 7.49. The third-order valence-electron chi connectivity index (χ3n) is 2.11. The maximum absolute atomic E-state index is 12.8. The number of nitrogens with one attached hydrogen (secondary N) is 1. The summed E-state index contributed by atoms with van der Waals surface area (Å²) in [4.78, 5) is 11.6. The van der Waals surface area contributed by atoms with Crippen LogP contribution in [-0.4, -0.2) is 18.4 Å². The summed E-state index contributed by atoms with van der Waals surface area (Å²) in [7, 11) is 0. The summed E-state index contributed by atoms with van der Waals surface area (Å²) < 4.78 is 13.5. The highest BCUT2D eigenvalue weighted by Gasteiger charge is 2.08. The van der Waals surface area contributed by atoms with E-state index < -0.39 is 0 Å². The SMILES string of the molecule is CC(C)NCC(=O)Cc1ccc(F)cc1Br. The summed E-state index contributed by atoms with van der Waals surface area (Å²) in [6.45, 7) is 4.32. The minimum atomic E-state index is -0.302. The zero-order valence-electron chi connectivity index (χ0n) is 9.39. The molecule has 0 fully saturated rings. The van der Waals surface area contributed by atoms with Crippen molar-refractivity contribution in [3.8, 4) is 0 Å². The van der Waals surface area contributed by atoms with E-state index in [4.69, 9.17) is 0 Å². The third kappa shape index (κ3) is 4.41. The Morgan fingerprint density at radius 3 is 2.75 bits per heavy atom. The van der Waals surface area contributed by atoms with Gasteiger partial charge in [-0.25, -0.2) is 4.39 Å². The quantitative estimate of drug-likeness (QED) is 0.902. The molecule has 0 spiro atoms. The van der Waals surface area contributed by atoms with Gasteiger partial charge in [-0.2, -0.15) is 0 Å². The van der Waals surface area contributed by atoms with Gasteiger partial charge in [0.25, 0.3) is 0 Å². The molecule has 0 saturated heterocycles. The molecule has 0 aliphatic carbocycles. The third-order valence-corrected chi connectivity index (χ3v) is 2.85. The second-order valence-corrected chi connectivity index (χ2v) is 4.84. The van der Waals surface area contributed by atoms with Crippen molar-refractivity contribution in [3.63, 3.8) is 0 Å². The second kappa shape index (κ2) is 6.11. The minimum absolute atomic E-state index is 0.0982. The van der Waals surface area contributed by atoms with Crippen molar-refractivity contribution >= 4 is 21.7 Å². The van der Waals surface area contributed by atoms with Gasteiger partial charge in [0.2, 0.25) is 0 Å². The number of carbonyl (C=O) groups is 1. The van der Waals surface area contributed by atoms with Gasteiger partial charge in [0.05, 0.1) is 6.54 Å². The van der Waals surface area contributed by atoms with Crippen molar-refractivity contribution in [3.05, 3.63) is 34.1 Å². The summed E-state index contributed by atoms with van der Waals surface area (Å²) in [5.74, 6) is -0.204. The van der Waals surface area contributed by atoms with Gasteiger partial charge in [-0.1, -0.05) is 35.8 Å². The molecule has 0 heterocycles. The van der Waals surface area contributed by atoms with Crippen molar-refractivity contribution in [2.45, 2.75) is 26.3 Å². The number of ketones is 1. The van der Waals surface area contributed by atoms with Crippen LogP contribution in [0.5, 0.6) is 0 Å². The number of benzene rings is 1. The molecular formula is C12H15BrFNO. The molecule has 0 aliphatic rings. The highest BCUT2D eigenvalue weighted by atomic mass is 79.9. The average Bonchev–Trinajstić information content (AvgIpc) is 2.19. The molecule has 0 amide bonds. The standard InChI is InChI=1S/C12H15BrFNO/c1-8(2)15-7-11(16)5-9-3-4-10(14)6-12(9)13/h3-4,6,8,15H,5,7H2,1-2H3. The summed E-state index contributed by atoms with van der Waals surface area (Å²) >= 11 is 3.24. The molecule has 1 rings (SSSR count). The van der Waals surface area contributed by atoms with Crippen LogP contribution < -0.4 is 5.32 Å². The molecule has 1 aromatic carbocycles. The lowest BCUT2D eigenvalue weighted by molar-refractivity contribution is -0.117. The van der Waals surface area contributed by atoms with Crippen LogP contribution in [-0.2, 0) is 11.2 Å². The van der Waals surface area contributed by atoms with Crippen LogP contribution >= 0.6 is 15.9 Å². The van der Waals surface area contributed by atoms with Gasteiger partial charge < -0.3 is 5.32 Å². The number of carbonyl (C=O) groups excluding carboxylic acids is 1. The second-order valence-electron chi connectivity index (χ2n) is 3.99. The van der Waals surface area contributed by atoms with Crippen LogP contribution in [0.25, 0.3) is 0 Å². The van der Waals surface area contributed by atoms with E-state index in [0.29, 0.717) is 23.5 Å². The van der Waals surface area contributed by atoms with E-state index >= 15 is 0 Å². The molecule has 0 bridgehead atoms. The highest BCUT2D eigenvalue weighted by molar-refractivity contribution is 9.10. The molecule has 16 heavy (non-hydrogen) atoms. The van der Waals surface area contributed by atoms with E-state index in [2.05, 4.69) is 21.2 Å². The van der Waals surface area contributed by atoms with Gasteiger partial charge in [-0.15, -0.1) is 0 Å². The summed E-state index contributed by atoms with van der Waals surface area (Å²) in [5, 5.41) is 3.06. The Bertz CT molecular complexity index is 379. The number of Topliss-reactive ketones (excluding diaryl/α,β-unsaturated/α-hetero) is 1. The fraction of sp³-hybridized carbons (Fsp3) is 0.417. The van der Waals surface area contributed by atoms with Gasteiger partial charge in [-0.05, 0) is 17.7 Å². The lowest BCUT2D eigenvalue weighted by Gasteiger charge is -2.08. The predicted octanol–water partition coefficient (Wildman–Crippen LogP) is 2.70. The molecule has 0 atom stereocenters. The Labute approximate surface area is 103 Å². The average molecular weight is 288 g/mol. The Morgan fingerprint density at radius 1 is 1.50 bits per heavy atom. The smallest absolute Gasteiger partial charge is 0.151 e. The minimum Gasteiger partial charge on any atom is -0.308 e. The monoisotopic (exact) mass is 287 g/mol. The first-order valence-electron chi connectivity index (χ1n) is 5.18. The predicted molar refractivity (Wildman–Crippen MR) is 65.9 cm³/mol. The van der Waals surface area contributed by atoms with Crippen LogP contribution in [0.1, 0.15) is 19.4 Å². The molecule has 0 radical (unpaired) electrons.